The number of ketones is 1. The van der Waals surface area contributed by atoms with Gasteiger partial charge in [0.2, 0.25) is 5.88 Å². The van der Waals surface area contributed by atoms with Crippen LogP contribution < -0.4 is 4.18 Å². The second-order valence-electron chi connectivity index (χ2n) is 9.93. The predicted octanol–water partition coefficient (Wildman–Crippen LogP) is 4.95. The van der Waals surface area contributed by atoms with E-state index >= 15 is 0 Å². The Kier molecular flexibility index (Phi) is 5.01. The maximum absolute atomic E-state index is 13.3. The van der Waals surface area contributed by atoms with E-state index in [0.29, 0.717) is 24.2 Å². The molecule has 2 aliphatic carbocycles. The minimum atomic E-state index is -4.06. The molecule has 0 radical (unpaired) electrons. The Hall–Kier alpha value is -2.93. The van der Waals surface area contributed by atoms with Crippen molar-refractivity contribution in [2.75, 3.05) is 5.75 Å². The average molecular weight is 465 g/mol. The number of Topliss-reactive ketones (excluding diaryl/α,β-unsaturated/α-hetero) is 1. The minimum absolute atomic E-state index is 0.0490. The summed E-state index contributed by atoms with van der Waals surface area (Å²) in [4.78, 5) is 12.9. The SMILES string of the molecule is Cc1ccc(-n2nc(-c3ccccc3)cc2OS(=O)(=O)CC23CCC(CC2=O)C3(C)C)cc1. The molecule has 1 heterocycles. The highest BCUT2D eigenvalue weighted by atomic mass is 32.2. The first kappa shape index (κ1) is 21.9. The Morgan fingerprint density at radius 3 is 2.39 bits per heavy atom. The van der Waals surface area contributed by atoms with Gasteiger partial charge in [-0.3, -0.25) is 4.79 Å². The second-order valence-corrected chi connectivity index (χ2v) is 11.5. The van der Waals surface area contributed by atoms with Crippen molar-refractivity contribution in [3.63, 3.8) is 0 Å². The molecule has 0 spiro atoms. The van der Waals surface area contributed by atoms with E-state index in [1.165, 1.54) is 4.68 Å². The largest absolute Gasteiger partial charge is 0.361 e. The third kappa shape index (κ3) is 3.59. The van der Waals surface area contributed by atoms with Crippen LogP contribution in [0.1, 0.15) is 38.7 Å². The van der Waals surface area contributed by atoms with Gasteiger partial charge in [-0.2, -0.15) is 18.2 Å². The molecular formula is C26H28N2O4S. The van der Waals surface area contributed by atoms with E-state index in [9.17, 15) is 13.2 Å². The van der Waals surface area contributed by atoms with Gasteiger partial charge in [0, 0.05) is 18.1 Å². The minimum Gasteiger partial charge on any atom is -0.361 e. The van der Waals surface area contributed by atoms with Gasteiger partial charge in [-0.25, -0.2) is 0 Å². The first-order chi connectivity index (χ1) is 15.6. The molecule has 6 nitrogen and oxygen atoms in total. The Labute approximate surface area is 194 Å². The van der Waals surface area contributed by atoms with Crippen LogP contribution in [0.5, 0.6) is 5.88 Å². The number of hydrogen-bond acceptors (Lipinski definition) is 5. The Balaban J connectivity index is 1.52. The maximum Gasteiger partial charge on any atom is 0.311 e. The quantitative estimate of drug-likeness (QED) is 0.482. The van der Waals surface area contributed by atoms with Gasteiger partial charge in [0.15, 0.2) is 0 Å². The first-order valence-corrected chi connectivity index (χ1v) is 12.9. The molecule has 0 amide bonds. The van der Waals surface area contributed by atoms with Crippen LogP contribution in [0.4, 0.5) is 0 Å². The summed E-state index contributed by atoms with van der Waals surface area (Å²) in [5.41, 5.74) is 2.01. The molecule has 0 aliphatic heterocycles. The number of aromatic nitrogens is 2. The molecule has 2 aromatic carbocycles. The normalized spacial score (nSPS) is 23.7. The molecule has 7 heteroatoms. The summed E-state index contributed by atoms with van der Waals surface area (Å²) in [7, 11) is -4.06. The molecule has 2 saturated carbocycles. The van der Waals surface area contributed by atoms with Crippen LogP contribution in [0.3, 0.4) is 0 Å². The molecule has 2 atom stereocenters. The number of hydrogen-bond donors (Lipinski definition) is 0. The lowest BCUT2D eigenvalue weighted by atomic mass is 9.70. The van der Waals surface area contributed by atoms with Crippen molar-refractivity contribution >= 4 is 15.9 Å². The molecule has 33 heavy (non-hydrogen) atoms. The molecule has 2 bridgehead atoms. The lowest BCUT2D eigenvalue weighted by molar-refractivity contribution is -0.128. The van der Waals surface area contributed by atoms with Crippen LogP contribution in [-0.4, -0.2) is 29.7 Å². The number of carbonyl (C=O) groups is 1. The van der Waals surface area contributed by atoms with E-state index < -0.39 is 15.5 Å². The monoisotopic (exact) mass is 464 g/mol. The Bertz CT molecular complexity index is 1310. The standard InChI is InChI=1S/C26H28N2O4S/c1-18-9-11-21(12-10-18)28-24(16-22(27-28)19-7-5-4-6-8-19)32-33(30,31)17-26-14-13-20(15-23(26)29)25(26,2)3/h4-12,16,20H,13-15,17H2,1-3H3. The summed E-state index contributed by atoms with van der Waals surface area (Å²) in [6, 6.07) is 18.8. The zero-order chi connectivity index (χ0) is 23.4. The van der Waals surface area contributed by atoms with Crippen molar-refractivity contribution in [2.24, 2.45) is 16.7 Å². The van der Waals surface area contributed by atoms with E-state index in [0.717, 1.165) is 17.5 Å². The van der Waals surface area contributed by atoms with E-state index in [1.807, 2.05) is 75.4 Å². The van der Waals surface area contributed by atoms with Crippen LogP contribution in [0.2, 0.25) is 0 Å². The van der Waals surface area contributed by atoms with E-state index in [2.05, 4.69) is 5.10 Å². The van der Waals surface area contributed by atoms with Gasteiger partial charge in [-0.05, 0) is 43.2 Å². The third-order valence-electron chi connectivity index (χ3n) is 7.80. The van der Waals surface area contributed by atoms with Crippen LogP contribution >= 0.6 is 0 Å². The highest BCUT2D eigenvalue weighted by molar-refractivity contribution is 7.87. The van der Waals surface area contributed by atoms with Crippen molar-refractivity contribution in [1.82, 2.24) is 9.78 Å². The van der Waals surface area contributed by atoms with Gasteiger partial charge in [-0.15, -0.1) is 0 Å². The van der Waals surface area contributed by atoms with E-state index in [1.54, 1.807) is 6.07 Å². The number of fused-ring (bicyclic) bond motifs is 2. The summed E-state index contributed by atoms with van der Waals surface area (Å²) < 4.78 is 33.9. The highest BCUT2D eigenvalue weighted by Gasteiger charge is 2.65. The zero-order valence-corrected chi connectivity index (χ0v) is 19.9. The molecule has 0 N–H and O–H groups in total. The number of carbonyl (C=O) groups excluding carboxylic acids is 1. The van der Waals surface area contributed by atoms with Gasteiger partial charge < -0.3 is 4.18 Å². The third-order valence-corrected chi connectivity index (χ3v) is 9.07. The smallest absolute Gasteiger partial charge is 0.311 e. The fourth-order valence-corrected chi connectivity index (χ4v) is 7.33. The second kappa shape index (κ2) is 7.55. The Morgan fingerprint density at radius 1 is 1.09 bits per heavy atom. The topological polar surface area (TPSA) is 78.3 Å². The van der Waals surface area contributed by atoms with Crippen LogP contribution in [0, 0.1) is 23.7 Å². The Morgan fingerprint density at radius 2 is 1.79 bits per heavy atom. The maximum atomic E-state index is 13.3. The molecule has 1 aromatic heterocycles. The van der Waals surface area contributed by atoms with Crippen molar-refractivity contribution in [3.8, 4) is 22.8 Å². The fraction of sp³-hybridized carbons (Fsp3) is 0.385. The van der Waals surface area contributed by atoms with Crippen molar-refractivity contribution in [1.29, 1.82) is 0 Å². The number of aryl methyl sites for hydroxylation is 1. The molecule has 172 valence electrons. The van der Waals surface area contributed by atoms with Crippen LogP contribution in [0.15, 0.2) is 60.7 Å². The first-order valence-electron chi connectivity index (χ1n) is 11.3. The number of rotatable bonds is 6. The lowest BCUT2D eigenvalue weighted by Gasteiger charge is -2.35. The molecule has 5 rings (SSSR count). The van der Waals surface area contributed by atoms with E-state index in [4.69, 9.17) is 4.18 Å². The fourth-order valence-electron chi connectivity index (χ4n) is 5.61. The average Bonchev–Trinajstić information content (AvgIpc) is 3.34. The molecule has 3 aromatic rings. The summed E-state index contributed by atoms with van der Waals surface area (Å²) in [5, 5.41) is 4.65. The van der Waals surface area contributed by atoms with Crippen LogP contribution in [0.25, 0.3) is 16.9 Å². The molecule has 2 fully saturated rings. The molecule has 2 aliphatic rings. The van der Waals surface area contributed by atoms with Crippen molar-refractivity contribution in [3.05, 3.63) is 66.2 Å². The summed E-state index contributed by atoms with van der Waals surface area (Å²) in [6.07, 6.45) is 1.94. The molecule has 0 saturated heterocycles. The zero-order valence-electron chi connectivity index (χ0n) is 19.1. The predicted molar refractivity (Wildman–Crippen MR) is 127 cm³/mol. The number of benzene rings is 2. The summed E-state index contributed by atoms with van der Waals surface area (Å²) in [6.45, 7) is 6.03. The van der Waals surface area contributed by atoms with Crippen molar-refractivity contribution in [2.45, 2.75) is 40.0 Å². The van der Waals surface area contributed by atoms with Gasteiger partial charge >= 0.3 is 10.1 Å². The highest BCUT2D eigenvalue weighted by Crippen LogP contribution is 2.64. The molecular weight excluding hydrogens is 436 g/mol. The van der Waals surface area contributed by atoms with Gasteiger partial charge in [0.25, 0.3) is 0 Å². The molecule has 2 unspecified atom stereocenters. The van der Waals surface area contributed by atoms with Gasteiger partial charge in [0.1, 0.15) is 5.78 Å². The van der Waals surface area contributed by atoms with Crippen LogP contribution in [-0.2, 0) is 14.9 Å². The number of nitrogens with zero attached hydrogens (tertiary/aromatic N) is 2. The lowest BCUT2D eigenvalue weighted by Crippen LogP contribution is -2.43. The van der Waals surface area contributed by atoms with Gasteiger partial charge in [0.05, 0.1) is 22.5 Å². The van der Waals surface area contributed by atoms with E-state index in [-0.39, 0.29) is 28.7 Å². The van der Waals surface area contributed by atoms with Crippen molar-refractivity contribution < 1.29 is 17.4 Å². The summed E-state index contributed by atoms with van der Waals surface area (Å²) >= 11 is 0. The van der Waals surface area contributed by atoms with Gasteiger partial charge in [-0.1, -0.05) is 61.9 Å². The summed E-state index contributed by atoms with van der Waals surface area (Å²) in [5.74, 6) is 0.102.